The Hall–Kier alpha value is -3.24. The zero-order valence-corrected chi connectivity index (χ0v) is 31.4. The van der Waals surface area contributed by atoms with Crippen LogP contribution in [-0.4, -0.2) is 16.6 Å². The molecule has 0 saturated heterocycles. The average Bonchev–Trinajstić information content (AvgIpc) is 2.99. The second-order valence-electron chi connectivity index (χ2n) is 13.3. The van der Waals surface area contributed by atoms with E-state index >= 15 is 0 Å². The van der Waals surface area contributed by atoms with Crippen molar-refractivity contribution < 1.29 is 0 Å². The molecule has 46 heavy (non-hydrogen) atoms. The van der Waals surface area contributed by atoms with Crippen LogP contribution >= 0.6 is 12.2 Å². The van der Waals surface area contributed by atoms with Crippen LogP contribution in [0.3, 0.4) is 0 Å². The lowest BCUT2D eigenvalue weighted by Crippen LogP contribution is -2.28. The largest absolute Gasteiger partial charge is 0.359 e. The van der Waals surface area contributed by atoms with Gasteiger partial charge in [-0.3, -0.25) is 4.98 Å². The predicted molar refractivity (Wildman–Crippen MR) is 210 cm³/mol. The molecule has 0 aliphatic heterocycles. The second-order valence-corrected chi connectivity index (χ2v) is 13.7. The Balaban J connectivity index is 2.90. The molecule has 0 aliphatic rings. The van der Waals surface area contributed by atoms with Crippen LogP contribution in [0.5, 0.6) is 0 Å². The van der Waals surface area contributed by atoms with Crippen LogP contribution in [0.4, 0.5) is 5.69 Å². The number of rotatable bonds is 20. The normalized spacial score (nSPS) is 12.3. The number of hydrogen-bond acceptors (Lipinski definition) is 2. The standard InChI is InChI=1S/C42H63N3S/c1-33(2)19-23-37(9)13-10-14-38(24-20-34(3)4)15-11-16-39(25-21-35(5)6)17-12-18-40(26-22-36(7)8)27-32-44-42(46)45-41-28-30-43-31-29-41/h13,15,17,19-22,27-31H,10-12,14,16,18,23-26,32H2,1-9H3,(H2,43,44,45,46). The summed E-state index contributed by atoms with van der Waals surface area (Å²) in [6, 6.07) is 3.82. The van der Waals surface area contributed by atoms with Gasteiger partial charge in [-0.25, -0.2) is 0 Å². The first-order valence-corrected chi connectivity index (χ1v) is 17.5. The van der Waals surface area contributed by atoms with Crippen LogP contribution in [0.1, 0.15) is 127 Å². The molecule has 0 aromatic carbocycles. The van der Waals surface area contributed by atoms with E-state index < -0.39 is 0 Å². The maximum absolute atomic E-state index is 5.50. The molecule has 0 fully saturated rings. The molecule has 1 heterocycles. The number of thiocarbonyl (C=S) groups is 1. The van der Waals surface area contributed by atoms with Crippen molar-refractivity contribution in [3.05, 3.63) is 118 Å². The Morgan fingerprint density at radius 3 is 1.43 bits per heavy atom. The minimum Gasteiger partial charge on any atom is -0.359 e. The summed E-state index contributed by atoms with van der Waals surface area (Å²) in [5, 5.41) is 7.18. The topological polar surface area (TPSA) is 37.0 Å². The van der Waals surface area contributed by atoms with Crippen molar-refractivity contribution in [1.29, 1.82) is 0 Å². The van der Waals surface area contributed by atoms with Crippen LogP contribution < -0.4 is 10.6 Å². The van der Waals surface area contributed by atoms with Gasteiger partial charge in [0.1, 0.15) is 0 Å². The van der Waals surface area contributed by atoms with E-state index in [-0.39, 0.29) is 0 Å². The van der Waals surface area contributed by atoms with E-state index in [4.69, 9.17) is 12.2 Å². The molecule has 0 radical (unpaired) electrons. The lowest BCUT2D eigenvalue weighted by atomic mass is 9.98. The molecule has 0 spiro atoms. The molecule has 1 rings (SSSR count). The highest BCUT2D eigenvalue weighted by atomic mass is 32.1. The number of nitrogens with one attached hydrogen (secondary N) is 2. The zero-order valence-electron chi connectivity index (χ0n) is 30.6. The molecule has 0 aliphatic carbocycles. The van der Waals surface area contributed by atoms with Crippen molar-refractivity contribution in [1.82, 2.24) is 10.3 Å². The summed E-state index contributed by atoms with van der Waals surface area (Å²) in [7, 11) is 0. The SMILES string of the molecule is CC(C)=CCC(C)=CCCC(=CCCC(=CCCC(=CCNC(=S)Nc1ccncc1)CC=C(C)C)CC=C(C)C)CC=C(C)C. The molecule has 252 valence electrons. The molecule has 4 heteroatoms. The average molecular weight is 642 g/mol. The van der Waals surface area contributed by atoms with Gasteiger partial charge in [0.25, 0.3) is 0 Å². The smallest absolute Gasteiger partial charge is 0.171 e. The maximum atomic E-state index is 5.50. The van der Waals surface area contributed by atoms with Gasteiger partial charge in [-0.2, -0.15) is 0 Å². The molecule has 2 N–H and O–H groups in total. The molecule has 0 saturated carbocycles. The third-order valence-electron chi connectivity index (χ3n) is 7.50. The fourth-order valence-electron chi connectivity index (χ4n) is 4.64. The van der Waals surface area contributed by atoms with Crippen molar-refractivity contribution in [3.63, 3.8) is 0 Å². The van der Waals surface area contributed by atoms with Crippen LogP contribution in [0, 0.1) is 0 Å². The van der Waals surface area contributed by atoms with Gasteiger partial charge >= 0.3 is 0 Å². The molecule has 0 atom stereocenters. The van der Waals surface area contributed by atoms with Crippen molar-refractivity contribution in [2.45, 2.75) is 127 Å². The molecule has 0 unspecified atom stereocenters. The lowest BCUT2D eigenvalue weighted by molar-refractivity contribution is 0.859. The Bertz CT molecular complexity index is 1280. The summed E-state index contributed by atoms with van der Waals surface area (Å²) in [5.74, 6) is 0. The van der Waals surface area contributed by atoms with E-state index in [1.165, 1.54) is 33.4 Å². The monoisotopic (exact) mass is 641 g/mol. The fraction of sp³-hybridized carbons (Fsp3) is 0.476. The Morgan fingerprint density at radius 2 is 0.978 bits per heavy atom. The zero-order chi connectivity index (χ0) is 34.2. The summed E-state index contributed by atoms with van der Waals surface area (Å²) < 4.78 is 0. The first kappa shape index (κ1) is 40.8. The fourth-order valence-corrected chi connectivity index (χ4v) is 4.84. The van der Waals surface area contributed by atoms with Crippen molar-refractivity contribution in [2.24, 2.45) is 0 Å². The van der Waals surface area contributed by atoms with Gasteiger partial charge in [-0.15, -0.1) is 0 Å². The van der Waals surface area contributed by atoms with Gasteiger partial charge in [0.05, 0.1) is 0 Å². The molecular formula is C42H63N3S. The molecule has 3 nitrogen and oxygen atoms in total. The number of anilines is 1. The highest BCUT2D eigenvalue weighted by Crippen LogP contribution is 2.21. The predicted octanol–water partition coefficient (Wildman–Crippen LogP) is 12.9. The lowest BCUT2D eigenvalue weighted by Gasteiger charge is -2.11. The number of hydrogen-bond donors (Lipinski definition) is 2. The molecule has 1 aromatic rings. The highest BCUT2D eigenvalue weighted by Gasteiger charge is 2.02. The van der Waals surface area contributed by atoms with E-state index in [0.717, 1.165) is 69.9 Å². The third kappa shape index (κ3) is 23.1. The number of allylic oxidation sites excluding steroid dienone is 15. The maximum Gasteiger partial charge on any atom is 0.171 e. The van der Waals surface area contributed by atoms with Crippen molar-refractivity contribution in [2.75, 3.05) is 11.9 Å². The van der Waals surface area contributed by atoms with Crippen molar-refractivity contribution in [3.8, 4) is 0 Å². The van der Waals surface area contributed by atoms with Crippen molar-refractivity contribution >= 4 is 23.0 Å². The first-order valence-electron chi connectivity index (χ1n) is 17.1. The van der Waals surface area contributed by atoms with Crippen LogP contribution in [0.15, 0.2) is 118 Å². The van der Waals surface area contributed by atoms with Gasteiger partial charge in [0.2, 0.25) is 0 Å². The summed E-state index contributed by atoms with van der Waals surface area (Å²) in [5.41, 5.74) is 12.5. The van der Waals surface area contributed by atoms with E-state index in [9.17, 15) is 0 Å². The Morgan fingerprint density at radius 1 is 0.565 bits per heavy atom. The van der Waals surface area contributed by atoms with Gasteiger partial charge in [0.15, 0.2) is 5.11 Å². The minimum atomic E-state index is 0.625. The third-order valence-corrected chi connectivity index (χ3v) is 7.74. The molecule has 0 bridgehead atoms. The molecule has 1 aromatic heterocycles. The Kier molecular flexibility index (Phi) is 22.1. The van der Waals surface area contributed by atoms with Gasteiger partial charge in [0, 0.05) is 24.6 Å². The highest BCUT2D eigenvalue weighted by molar-refractivity contribution is 7.80. The van der Waals surface area contributed by atoms with Gasteiger partial charge < -0.3 is 10.6 Å². The summed E-state index contributed by atoms with van der Waals surface area (Å²) in [6.45, 7) is 20.4. The number of pyridine rings is 1. The van der Waals surface area contributed by atoms with Gasteiger partial charge in [-0.05, 0) is 151 Å². The summed E-state index contributed by atoms with van der Waals surface area (Å²) >= 11 is 5.50. The van der Waals surface area contributed by atoms with E-state index in [2.05, 4.69) is 127 Å². The van der Waals surface area contributed by atoms with E-state index in [1.54, 1.807) is 23.5 Å². The second kappa shape index (κ2) is 24.9. The summed E-state index contributed by atoms with van der Waals surface area (Å²) in [6.07, 6.45) is 33.4. The summed E-state index contributed by atoms with van der Waals surface area (Å²) in [4.78, 5) is 4.06. The first-order chi connectivity index (χ1) is 21.9. The van der Waals surface area contributed by atoms with Crippen LogP contribution in [-0.2, 0) is 0 Å². The number of aromatic nitrogens is 1. The van der Waals surface area contributed by atoms with Gasteiger partial charge in [-0.1, -0.05) is 93.2 Å². The molecule has 0 amide bonds. The van der Waals surface area contributed by atoms with E-state index in [0.29, 0.717) is 11.7 Å². The minimum absolute atomic E-state index is 0.625. The Labute approximate surface area is 288 Å². The van der Waals surface area contributed by atoms with Crippen LogP contribution in [0.2, 0.25) is 0 Å². The van der Waals surface area contributed by atoms with E-state index in [1.807, 2.05) is 12.1 Å². The quantitative estimate of drug-likeness (QED) is 0.110. The number of nitrogens with zero attached hydrogens (tertiary/aromatic N) is 1. The molecular weight excluding hydrogens is 579 g/mol. The van der Waals surface area contributed by atoms with Crippen LogP contribution in [0.25, 0.3) is 0 Å².